The molecule has 2 aromatic rings. The Hall–Kier alpha value is -2.80. The van der Waals surface area contributed by atoms with Crippen molar-refractivity contribution in [2.75, 3.05) is 16.0 Å². The highest BCUT2D eigenvalue weighted by molar-refractivity contribution is 7.99. The molecule has 2 amide bonds. The van der Waals surface area contributed by atoms with Gasteiger partial charge in [0.25, 0.3) is 5.91 Å². The predicted molar refractivity (Wildman–Crippen MR) is 112 cm³/mol. The van der Waals surface area contributed by atoms with Crippen LogP contribution in [0.25, 0.3) is 0 Å². The number of benzene rings is 2. The molecule has 0 fully saturated rings. The quantitative estimate of drug-likeness (QED) is 0.782. The maximum absolute atomic E-state index is 13.0. The molecule has 4 rings (SSSR count). The third-order valence-corrected chi connectivity index (χ3v) is 6.23. The average molecular weight is 410 g/mol. The Balaban J connectivity index is 1.49. The summed E-state index contributed by atoms with van der Waals surface area (Å²) in [5, 5.41) is 2.81. The summed E-state index contributed by atoms with van der Waals surface area (Å²) in [4.78, 5) is 40.0. The van der Waals surface area contributed by atoms with Gasteiger partial charge in [0.15, 0.2) is 6.10 Å². The highest BCUT2D eigenvalue weighted by atomic mass is 32.2. The van der Waals surface area contributed by atoms with Gasteiger partial charge in [-0.3, -0.25) is 9.59 Å². The molecule has 0 aliphatic carbocycles. The molecule has 2 aliphatic rings. The van der Waals surface area contributed by atoms with E-state index in [1.165, 1.54) is 0 Å². The fourth-order valence-corrected chi connectivity index (χ4v) is 4.66. The second kappa shape index (κ2) is 7.91. The van der Waals surface area contributed by atoms with Crippen molar-refractivity contribution >= 4 is 40.9 Å². The maximum atomic E-state index is 13.0. The molecule has 2 aliphatic heterocycles. The lowest BCUT2D eigenvalue weighted by atomic mass is 10.1. The molecule has 2 atom stereocenters. The van der Waals surface area contributed by atoms with Gasteiger partial charge in [-0.1, -0.05) is 18.2 Å². The molecule has 7 heteroatoms. The van der Waals surface area contributed by atoms with E-state index < -0.39 is 12.1 Å². The minimum atomic E-state index is -0.918. The van der Waals surface area contributed by atoms with Gasteiger partial charge in [-0.2, -0.15) is 0 Å². The molecule has 29 heavy (non-hydrogen) atoms. The number of amides is 2. The molecule has 0 unspecified atom stereocenters. The Bertz CT molecular complexity index is 991. The van der Waals surface area contributed by atoms with Gasteiger partial charge in [0, 0.05) is 28.8 Å². The summed E-state index contributed by atoms with van der Waals surface area (Å²) < 4.78 is 5.47. The van der Waals surface area contributed by atoms with Crippen LogP contribution in [0.1, 0.15) is 36.2 Å². The van der Waals surface area contributed by atoms with Crippen LogP contribution < -0.4 is 10.2 Å². The summed E-state index contributed by atoms with van der Waals surface area (Å²) in [7, 11) is 0. The van der Waals surface area contributed by atoms with Gasteiger partial charge < -0.3 is 15.0 Å². The number of carbonyl (C=O) groups excluding carboxylic acids is 3. The van der Waals surface area contributed by atoms with Gasteiger partial charge in [-0.05, 0) is 50.1 Å². The largest absolute Gasteiger partial charge is 0.449 e. The van der Waals surface area contributed by atoms with Crippen molar-refractivity contribution in [1.82, 2.24) is 0 Å². The van der Waals surface area contributed by atoms with Gasteiger partial charge in [0.05, 0.1) is 11.3 Å². The topological polar surface area (TPSA) is 75.7 Å². The first-order valence-electron chi connectivity index (χ1n) is 9.62. The van der Waals surface area contributed by atoms with Crippen molar-refractivity contribution in [1.29, 1.82) is 0 Å². The van der Waals surface area contributed by atoms with Crippen LogP contribution in [0.4, 0.5) is 11.4 Å². The van der Waals surface area contributed by atoms with Crippen molar-refractivity contribution in [3.8, 4) is 0 Å². The van der Waals surface area contributed by atoms with Crippen molar-refractivity contribution in [2.45, 2.75) is 43.7 Å². The molecule has 6 nitrogen and oxygen atoms in total. The zero-order valence-corrected chi connectivity index (χ0v) is 17.1. The van der Waals surface area contributed by atoms with E-state index in [2.05, 4.69) is 5.32 Å². The lowest BCUT2D eigenvalue weighted by Crippen LogP contribution is -2.43. The number of hydrogen-bond donors (Lipinski definition) is 1. The molecule has 0 bridgehead atoms. The van der Waals surface area contributed by atoms with E-state index in [4.69, 9.17) is 4.74 Å². The lowest BCUT2D eigenvalue weighted by molar-refractivity contribution is -0.126. The lowest BCUT2D eigenvalue weighted by Gasteiger charge is -2.26. The zero-order valence-electron chi connectivity index (χ0n) is 16.3. The third-order valence-electron chi connectivity index (χ3n) is 5.15. The number of carbonyl (C=O) groups is 3. The molecular weight excluding hydrogens is 388 g/mol. The van der Waals surface area contributed by atoms with Crippen LogP contribution in [0.2, 0.25) is 0 Å². The summed E-state index contributed by atoms with van der Waals surface area (Å²) in [6, 6.07) is 12.9. The van der Waals surface area contributed by atoms with Gasteiger partial charge in [0.2, 0.25) is 5.91 Å². The van der Waals surface area contributed by atoms with Crippen molar-refractivity contribution < 1.29 is 19.1 Å². The molecule has 1 N–H and O–H groups in total. The monoisotopic (exact) mass is 410 g/mol. The predicted octanol–water partition coefficient (Wildman–Crippen LogP) is 3.64. The first kappa shape index (κ1) is 19.5. The van der Waals surface area contributed by atoms with Crippen LogP contribution in [0.3, 0.4) is 0 Å². The van der Waals surface area contributed by atoms with E-state index in [0.717, 1.165) is 22.6 Å². The number of nitrogens with one attached hydrogen (secondary N) is 1. The Morgan fingerprint density at radius 3 is 2.86 bits per heavy atom. The first-order chi connectivity index (χ1) is 13.9. The number of para-hydroxylation sites is 1. The maximum Gasteiger partial charge on any atom is 0.338 e. The Morgan fingerprint density at radius 1 is 1.24 bits per heavy atom. The van der Waals surface area contributed by atoms with Crippen LogP contribution in [-0.4, -0.2) is 35.7 Å². The minimum absolute atomic E-state index is 0.0146. The van der Waals surface area contributed by atoms with E-state index in [0.29, 0.717) is 23.4 Å². The average Bonchev–Trinajstić information content (AvgIpc) is 2.91. The molecule has 2 heterocycles. The SMILES string of the molecule is C[C@H](OC(=O)c1ccc2c(c1)NC(=O)CCS2)C(=O)N1c2ccccc2C[C@H]1C. The number of nitrogens with zero attached hydrogens (tertiary/aromatic N) is 1. The number of hydrogen-bond acceptors (Lipinski definition) is 5. The van der Waals surface area contributed by atoms with Gasteiger partial charge >= 0.3 is 5.97 Å². The molecular formula is C22H22N2O4S. The van der Waals surface area contributed by atoms with Crippen molar-refractivity contribution in [2.24, 2.45) is 0 Å². The van der Waals surface area contributed by atoms with Crippen LogP contribution >= 0.6 is 11.8 Å². The highest BCUT2D eigenvalue weighted by Gasteiger charge is 2.34. The number of thioether (sulfide) groups is 1. The minimum Gasteiger partial charge on any atom is -0.449 e. The molecule has 2 aromatic carbocycles. The Kier molecular flexibility index (Phi) is 5.32. The second-order valence-corrected chi connectivity index (χ2v) is 8.43. The standard InChI is InChI=1S/C22H22N2O4S/c1-13-11-15-5-3-4-6-18(15)24(13)21(26)14(2)28-22(27)16-7-8-19-17(12-16)23-20(25)9-10-29-19/h3-8,12-14H,9-11H2,1-2H3,(H,23,25)/t13-,14+/m1/s1. The van der Waals surface area contributed by atoms with Crippen LogP contribution in [-0.2, 0) is 20.7 Å². The normalized spacial score (nSPS) is 18.9. The highest BCUT2D eigenvalue weighted by Crippen LogP contribution is 2.33. The number of ether oxygens (including phenoxy) is 1. The summed E-state index contributed by atoms with van der Waals surface area (Å²) >= 11 is 1.57. The summed E-state index contributed by atoms with van der Waals surface area (Å²) in [6.45, 7) is 3.58. The number of esters is 1. The summed E-state index contributed by atoms with van der Waals surface area (Å²) in [6.07, 6.45) is 0.296. The van der Waals surface area contributed by atoms with Crippen LogP contribution in [0, 0.1) is 0 Å². The van der Waals surface area contributed by atoms with Crippen LogP contribution in [0.5, 0.6) is 0 Å². The summed E-state index contributed by atoms with van der Waals surface area (Å²) in [5.41, 5.74) is 2.90. The van der Waals surface area contributed by atoms with E-state index in [9.17, 15) is 14.4 Å². The second-order valence-electron chi connectivity index (χ2n) is 7.30. The van der Waals surface area contributed by atoms with Crippen molar-refractivity contribution in [3.63, 3.8) is 0 Å². The molecule has 0 saturated heterocycles. The van der Waals surface area contributed by atoms with E-state index in [1.807, 2.05) is 31.2 Å². The molecule has 0 saturated carbocycles. The Labute approximate surface area is 173 Å². The zero-order chi connectivity index (χ0) is 20.5. The molecule has 0 radical (unpaired) electrons. The molecule has 0 aromatic heterocycles. The van der Waals surface area contributed by atoms with Crippen molar-refractivity contribution in [3.05, 3.63) is 53.6 Å². The fourth-order valence-electron chi connectivity index (χ4n) is 3.72. The first-order valence-corrected chi connectivity index (χ1v) is 10.6. The number of rotatable bonds is 3. The van der Waals surface area contributed by atoms with Gasteiger partial charge in [-0.25, -0.2) is 4.79 Å². The number of anilines is 2. The Morgan fingerprint density at radius 2 is 2.03 bits per heavy atom. The molecule has 0 spiro atoms. The molecule has 150 valence electrons. The fraction of sp³-hybridized carbons (Fsp3) is 0.318. The van der Waals surface area contributed by atoms with Crippen LogP contribution in [0.15, 0.2) is 47.4 Å². The third kappa shape index (κ3) is 3.87. The van der Waals surface area contributed by atoms with Gasteiger partial charge in [0.1, 0.15) is 0 Å². The number of fused-ring (bicyclic) bond motifs is 2. The van der Waals surface area contributed by atoms with E-state index in [-0.39, 0.29) is 17.9 Å². The van der Waals surface area contributed by atoms with E-state index in [1.54, 1.807) is 41.8 Å². The smallest absolute Gasteiger partial charge is 0.338 e. The summed E-state index contributed by atoms with van der Waals surface area (Å²) in [5.74, 6) is -0.206. The van der Waals surface area contributed by atoms with E-state index >= 15 is 0 Å². The van der Waals surface area contributed by atoms with Gasteiger partial charge in [-0.15, -0.1) is 11.8 Å².